The van der Waals surface area contributed by atoms with Gasteiger partial charge in [-0.25, -0.2) is 0 Å². The Morgan fingerprint density at radius 1 is 1.17 bits per heavy atom. The van der Waals surface area contributed by atoms with Crippen LogP contribution in [0.1, 0.15) is 25.0 Å². The number of furan rings is 1. The summed E-state index contributed by atoms with van der Waals surface area (Å²) in [6, 6.07) is 8.10. The number of para-hydroxylation sites is 1. The number of rotatable bonds is 1. The number of allylic oxidation sites excluding steroid dienone is 2. The lowest BCUT2D eigenvalue weighted by Gasteiger charge is -2.39. The Labute approximate surface area is 135 Å². The van der Waals surface area contributed by atoms with Crippen LogP contribution in [0.4, 0.5) is 0 Å². The highest BCUT2D eigenvalue weighted by molar-refractivity contribution is 6.03. The first-order chi connectivity index (χ1) is 11.0. The Bertz CT molecular complexity index is 980. The molecule has 1 atom stereocenters. The molecule has 0 bridgehead atoms. The van der Waals surface area contributed by atoms with E-state index in [0.29, 0.717) is 0 Å². The van der Waals surface area contributed by atoms with Gasteiger partial charge in [0, 0.05) is 30.4 Å². The maximum Gasteiger partial charge on any atom is 0.160 e. The highest BCUT2D eigenvalue weighted by atomic mass is 16.3. The van der Waals surface area contributed by atoms with Gasteiger partial charge in [0.25, 0.3) is 0 Å². The average Bonchev–Trinajstić information content (AvgIpc) is 2.89. The van der Waals surface area contributed by atoms with E-state index in [2.05, 4.69) is 62.1 Å². The number of nitrogens with zero attached hydrogens (tertiary/aromatic N) is 2. The van der Waals surface area contributed by atoms with Gasteiger partial charge in [-0.1, -0.05) is 23.8 Å². The molecule has 0 amide bonds. The molecule has 0 N–H and O–H groups in total. The van der Waals surface area contributed by atoms with Crippen molar-refractivity contribution in [3.05, 3.63) is 65.5 Å². The number of benzene rings is 1. The lowest BCUT2D eigenvalue weighted by atomic mass is 9.84. The van der Waals surface area contributed by atoms with E-state index in [4.69, 9.17) is 4.42 Å². The van der Waals surface area contributed by atoms with Crippen molar-refractivity contribution in [3.63, 3.8) is 0 Å². The summed E-state index contributed by atoms with van der Waals surface area (Å²) in [5.74, 6) is 0. The third kappa shape index (κ3) is 1.93. The number of aromatic nitrogens is 1. The monoisotopic (exact) mass is 304 g/mol. The molecule has 3 heteroatoms. The van der Waals surface area contributed by atoms with Crippen molar-refractivity contribution in [2.24, 2.45) is 0 Å². The minimum atomic E-state index is -0.252. The molecule has 3 aromatic rings. The first-order valence-corrected chi connectivity index (χ1v) is 7.88. The summed E-state index contributed by atoms with van der Waals surface area (Å²) >= 11 is 0. The van der Waals surface area contributed by atoms with E-state index < -0.39 is 0 Å². The van der Waals surface area contributed by atoms with E-state index in [0.717, 1.165) is 27.6 Å². The van der Waals surface area contributed by atoms with Crippen molar-refractivity contribution in [1.82, 2.24) is 9.88 Å². The fourth-order valence-electron chi connectivity index (χ4n) is 3.59. The SMILES string of the molecule is CC1=CC(C)(c2c(C)cnc3c2oc2ccccc23)N(C)C=C1. The molecule has 0 aliphatic carbocycles. The van der Waals surface area contributed by atoms with Crippen LogP contribution < -0.4 is 0 Å². The van der Waals surface area contributed by atoms with Gasteiger partial charge in [0.1, 0.15) is 11.1 Å². The molecule has 4 rings (SSSR count). The molecular formula is C20H20N2O. The average molecular weight is 304 g/mol. The van der Waals surface area contributed by atoms with E-state index in [9.17, 15) is 0 Å². The number of hydrogen-bond donors (Lipinski definition) is 0. The highest BCUT2D eigenvalue weighted by Gasteiger charge is 2.34. The normalized spacial score (nSPS) is 21.2. The van der Waals surface area contributed by atoms with Crippen LogP contribution in [-0.4, -0.2) is 16.9 Å². The minimum Gasteiger partial charge on any atom is -0.454 e. The van der Waals surface area contributed by atoms with Gasteiger partial charge >= 0.3 is 0 Å². The van der Waals surface area contributed by atoms with Crippen LogP contribution >= 0.6 is 0 Å². The zero-order valence-electron chi connectivity index (χ0n) is 13.9. The Hall–Kier alpha value is -2.55. The number of fused-ring (bicyclic) bond motifs is 3. The van der Waals surface area contributed by atoms with E-state index in [1.165, 1.54) is 11.1 Å². The third-order valence-electron chi connectivity index (χ3n) is 4.89. The third-order valence-corrected chi connectivity index (χ3v) is 4.89. The molecule has 0 radical (unpaired) electrons. The number of hydrogen-bond acceptors (Lipinski definition) is 3. The van der Waals surface area contributed by atoms with Crippen molar-refractivity contribution >= 4 is 22.1 Å². The minimum absolute atomic E-state index is 0.252. The molecule has 0 saturated carbocycles. The number of pyridine rings is 1. The maximum absolute atomic E-state index is 6.22. The predicted octanol–water partition coefficient (Wildman–Crippen LogP) is 4.91. The molecule has 1 aliphatic rings. The molecule has 1 unspecified atom stereocenters. The molecule has 116 valence electrons. The van der Waals surface area contributed by atoms with Gasteiger partial charge in [-0.2, -0.15) is 0 Å². The van der Waals surface area contributed by atoms with Crippen LogP contribution in [0.3, 0.4) is 0 Å². The maximum atomic E-state index is 6.22. The quantitative estimate of drug-likeness (QED) is 0.639. The van der Waals surface area contributed by atoms with E-state index in [-0.39, 0.29) is 5.54 Å². The second kappa shape index (κ2) is 4.72. The summed E-state index contributed by atoms with van der Waals surface area (Å²) in [5, 5.41) is 1.07. The summed E-state index contributed by atoms with van der Waals surface area (Å²) in [7, 11) is 2.10. The highest BCUT2D eigenvalue weighted by Crippen LogP contribution is 2.41. The smallest absolute Gasteiger partial charge is 0.160 e. The van der Waals surface area contributed by atoms with E-state index in [1.807, 2.05) is 24.4 Å². The molecule has 0 saturated heterocycles. The van der Waals surface area contributed by atoms with Crippen LogP contribution in [0.15, 0.2) is 58.8 Å². The van der Waals surface area contributed by atoms with Crippen LogP contribution in [0.2, 0.25) is 0 Å². The van der Waals surface area contributed by atoms with E-state index in [1.54, 1.807) is 0 Å². The Morgan fingerprint density at radius 3 is 2.78 bits per heavy atom. The van der Waals surface area contributed by atoms with Crippen LogP contribution in [0.25, 0.3) is 22.1 Å². The van der Waals surface area contributed by atoms with Crippen molar-refractivity contribution in [2.75, 3.05) is 7.05 Å². The summed E-state index contributed by atoms with van der Waals surface area (Å²) in [6.07, 6.45) is 8.51. The van der Waals surface area contributed by atoms with Gasteiger partial charge in [-0.05, 0) is 44.5 Å². The Morgan fingerprint density at radius 2 is 1.96 bits per heavy atom. The van der Waals surface area contributed by atoms with Crippen LogP contribution in [-0.2, 0) is 5.54 Å². The van der Waals surface area contributed by atoms with Gasteiger partial charge < -0.3 is 9.32 Å². The van der Waals surface area contributed by atoms with Crippen molar-refractivity contribution < 1.29 is 4.42 Å². The molecule has 23 heavy (non-hydrogen) atoms. The largest absolute Gasteiger partial charge is 0.454 e. The Kier molecular flexibility index (Phi) is 2.89. The van der Waals surface area contributed by atoms with Crippen molar-refractivity contribution in [2.45, 2.75) is 26.3 Å². The summed E-state index contributed by atoms with van der Waals surface area (Å²) < 4.78 is 6.22. The molecule has 3 nitrogen and oxygen atoms in total. The zero-order valence-corrected chi connectivity index (χ0v) is 13.9. The first-order valence-electron chi connectivity index (χ1n) is 7.88. The summed E-state index contributed by atoms with van der Waals surface area (Å²) in [6.45, 7) is 6.47. The second-order valence-electron chi connectivity index (χ2n) is 6.55. The molecular weight excluding hydrogens is 284 g/mol. The molecule has 2 aromatic heterocycles. The summed E-state index contributed by atoms with van der Waals surface area (Å²) in [4.78, 5) is 6.88. The second-order valence-corrected chi connectivity index (χ2v) is 6.55. The van der Waals surface area contributed by atoms with Gasteiger partial charge in [0.2, 0.25) is 0 Å². The molecule has 0 spiro atoms. The van der Waals surface area contributed by atoms with Gasteiger partial charge in [0.15, 0.2) is 5.58 Å². The van der Waals surface area contributed by atoms with Gasteiger partial charge in [0.05, 0.1) is 5.54 Å². The molecule has 3 heterocycles. The van der Waals surface area contributed by atoms with Crippen LogP contribution in [0.5, 0.6) is 0 Å². The van der Waals surface area contributed by atoms with Crippen molar-refractivity contribution in [3.8, 4) is 0 Å². The number of aryl methyl sites for hydroxylation is 1. The van der Waals surface area contributed by atoms with E-state index >= 15 is 0 Å². The predicted molar refractivity (Wildman–Crippen MR) is 94.3 cm³/mol. The lowest BCUT2D eigenvalue weighted by Crippen LogP contribution is -2.38. The fraction of sp³-hybridized carbons (Fsp3) is 0.250. The molecule has 1 aromatic carbocycles. The zero-order chi connectivity index (χ0) is 16.2. The van der Waals surface area contributed by atoms with Crippen molar-refractivity contribution in [1.29, 1.82) is 0 Å². The van der Waals surface area contributed by atoms with Gasteiger partial charge in [-0.15, -0.1) is 0 Å². The Balaban J connectivity index is 2.11. The van der Waals surface area contributed by atoms with Crippen LogP contribution in [0, 0.1) is 6.92 Å². The number of likely N-dealkylation sites (N-methyl/N-ethyl adjacent to an activating group) is 1. The standard InChI is InChI=1S/C20H20N2O/c1-13-9-10-22(4)20(3,11-13)17-14(2)12-21-18-15-7-5-6-8-16(15)23-19(17)18/h5-12H,1-4H3. The summed E-state index contributed by atoms with van der Waals surface area (Å²) in [5.41, 5.74) is 6.05. The topological polar surface area (TPSA) is 29.3 Å². The van der Waals surface area contributed by atoms with Gasteiger partial charge in [-0.3, -0.25) is 4.98 Å². The fourth-order valence-corrected chi connectivity index (χ4v) is 3.59. The first kappa shape index (κ1) is 14.1. The molecule has 1 aliphatic heterocycles. The molecule has 0 fully saturated rings. The lowest BCUT2D eigenvalue weighted by molar-refractivity contribution is 0.259.